The fraction of sp³-hybridized carbons (Fsp3) is 0.286. The maximum atomic E-state index is 13.2. The molecule has 0 fully saturated rings. The standard InChI is InChI=1S/C21H23N5O4/c1-23-19-18(20(28)24(2)21(23)29)26(14-22-19)13-17(27)25(12-16-9-6-10-30-16)11-15-7-4-3-5-8-15/h3-10,22H,11-14H2,1-2H3. The number of amides is 1. The Balaban J connectivity index is 1.60. The normalized spacial score (nSPS) is 12.5. The molecule has 3 aromatic rings. The number of hydrogen-bond donors (Lipinski definition) is 1. The minimum Gasteiger partial charge on any atom is -0.467 e. The second-order valence-corrected chi connectivity index (χ2v) is 7.25. The number of rotatable bonds is 6. The molecule has 0 bridgehead atoms. The molecule has 1 aliphatic rings. The number of benzene rings is 1. The molecule has 0 unspecified atom stereocenters. The van der Waals surface area contributed by atoms with Crippen molar-refractivity contribution in [3.05, 3.63) is 80.9 Å². The predicted octanol–water partition coefficient (Wildman–Crippen LogP) is 1.10. The van der Waals surface area contributed by atoms with E-state index in [4.69, 9.17) is 4.42 Å². The van der Waals surface area contributed by atoms with Gasteiger partial charge < -0.3 is 19.5 Å². The second kappa shape index (κ2) is 7.94. The number of nitrogens with one attached hydrogen (secondary N) is 1. The minimum absolute atomic E-state index is 0.000978. The largest absolute Gasteiger partial charge is 0.467 e. The second-order valence-electron chi connectivity index (χ2n) is 7.25. The summed E-state index contributed by atoms with van der Waals surface area (Å²) in [6.45, 7) is 1.01. The van der Waals surface area contributed by atoms with Gasteiger partial charge in [-0.15, -0.1) is 0 Å². The first-order valence-corrected chi connectivity index (χ1v) is 9.58. The van der Waals surface area contributed by atoms with Crippen LogP contribution in [0.1, 0.15) is 11.3 Å². The third kappa shape index (κ3) is 3.61. The highest BCUT2D eigenvalue weighted by atomic mass is 16.3. The minimum atomic E-state index is -0.424. The molecule has 4 rings (SSSR count). The molecule has 1 aliphatic heterocycles. The van der Waals surface area contributed by atoms with Crippen LogP contribution in [-0.2, 0) is 32.0 Å². The van der Waals surface area contributed by atoms with E-state index in [1.54, 1.807) is 29.2 Å². The molecule has 156 valence electrons. The summed E-state index contributed by atoms with van der Waals surface area (Å²) in [6, 6.07) is 13.3. The van der Waals surface area contributed by atoms with Crippen LogP contribution in [0.2, 0.25) is 0 Å². The van der Waals surface area contributed by atoms with Crippen molar-refractivity contribution in [1.82, 2.24) is 14.0 Å². The van der Waals surface area contributed by atoms with Crippen molar-refractivity contribution >= 4 is 17.4 Å². The predicted molar refractivity (Wildman–Crippen MR) is 112 cm³/mol. The third-order valence-corrected chi connectivity index (χ3v) is 5.22. The van der Waals surface area contributed by atoms with Crippen LogP contribution in [0.25, 0.3) is 0 Å². The summed E-state index contributed by atoms with van der Waals surface area (Å²) in [5, 5.41) is 3.05. The van der Waals surface area contributed by atoms with Gasteiger partial charge in [0.15, 0.2) is 0 Å². The van der Waals surface area contributed by atoms with Crippen molar-refractivity contribution in [3.8, 4) is 0 Å². The summed E-state index contributed by atoms with van der Waals surface area (Å²) in [4.78, 5) is 41.4. The Morgan fingerprint density at radius 3 is 2.53 bits per heavy atom. The molecule has 0 saturated heterocycles. The smallest absolute Gasteiger partial charge is 0.332 e. The highest BCUT2D eigenvalue weighted by Crippen LogP contribution is 2.25. The van der Waals surface area contributed by atoms with Gasteiger partial charge in [0.2, 0.25) is 5.91 Å². The molecule has 0 spiro atoms. The van der Waals surface area contributed by atoms with Gasteiger partial charge in [0, 0.05) is 20.6 Å². The molecule has 0 saturated carbocycles. The number of hydrogen-bond acceptors (Lipinski definition) is 6. The maximum Gasteiger partial charge on any atom is 0.332 e. The number of furan rings is 1. The fourth-order valence-corrected chi connectivity index (χ4v) is 3.59. The van der Waals surface area contributed by atoms with Crippen LogP contribution in [0, 0.1) is 0 Å². The molecule has 0 radical (unpaired) electrons. The average Bonchev–Trinajstić information content (AvgIpc) is 3.41. The molecule has 1 aromatic carbocycles. The van der Waals surface area contributed by atoms with Crippen molar-refractivity contribution in [2.75, 3.05) is 23.4 Å². The van der Waals surface area contributed by atoms with Gasteiger partial charge in [-0.05, 0) is 17.7 Å². The number of aromatic nitrogens is 2. The monoisotopic (exact) mass is 409 g/mol. The van der Waals surface area contributed by atoms with Crippen LogP contribution in [0.4, 0.5) is 11.5 Å². The van der Waals surface area contributed by atoms with Crippen LogP contribution in [0.5, 0.6) is 0 Å². The van der Waals surface area contributed by atoms with E-state index in [9.17, 15) is 14.4 Å². The Kier molecular flexibility index (Phi) is 5.18. The zero-order valence-corrected chi connectivity index (χ0v) is 16.9. The Bertz CT molecular complexity index is 1160. The maximum absolute atomic E-state index is 13.2. The average molecular weight is 409 g/mol. The fourth-order valence-electron chi connectivity index (χ4n) is 3.59. The molecule has 1 N–H and O–H groups in total. The van der Waals surface area contributed by atoms with E-state index in [1.807, 2.05) is 36.4 Å². The number of fused-ring (bicyclic) bond motifs is 1. The van der Waals surface area contributed by atoms with Crippen LogP contribution in [-0.4, -0.2) is 33.2 Å². The molecular formula is C21H23N5O4. The Morgan fingerprint density at radius 1 is 1.07 bits per heavy atom. The van der Waals surface area contributed by atoms with Crippen LogP contribution in [0.15, 0.2) is 62.7 Å². The number of nitrogens with zero attached hydrogens (tertiary/aromatic N) is 4. The van der Waals surface area contributed by atoms with Crippen molar-refractivity contribution in [2.24, 2.45) is 14.1 Å². The van der Waals surface area contributed by atoms with Crippen LogP contribution in [0.3, 0.4) is 0 Å². The molecule has 1 amide bonds. The molecule has 0 atom stereocenters. The molecule has 2 aromatic heterocycles. The summed E-state index contributed by atoms with van der Waals surface area (Å²) in [5.41, 5.74) is 0.482. The molecule has 3 heterocycles. The molecular weight excluding hydrogens is 386 g/mol. The van der Waals surface area contributed by atoms with E-state index in [0.29, 0.717) is 30.4 Å². The van der Waals surface area contributed by atoms with Gasteiger partial charge in [0.05, 0.1) is 26.0 Å². The number of carbonyl (C=O) groups is 1. The lowest BCUT2D eigenvalue weighted by atomic mass is 10.2. The zero-order chi connectivity index (χ0) is 21.3. The highest BCUT2D eigenvalue weighted by molar-refractivity contribution is 5.84. The van der Waals surface area contributed by atoms with E-state index in [0.717, 1.165) is 10.1 Å². The lowest BCUT2D eigenvalue weighted by molar-refractivity contribution is -0.131. The first-order valence-electron chi connectivity index (χ1n) is 9.58. The van der Waals surface area contributed by atoms with E-state index < -0.39 is 11.2 Å². The van der Waals surface area contributed by atoms with E-state index >= 15 is 0 Å². The van der Waals surface area contributed by atoms with Gasteiger partial charge in [-0.1, -0.05) is 30.3 Å². The van der Waals surface area contributed by atoms with Crippen molar-refractivity contribution in [1.29, 1.82) is 0 Å². The summed E-state index contributed by atoms with van der Waals surface area (Å²) in [7, 11) is 3.03. The van der Waals surface area contributed by atoms with Gasteiger partial charge >= 0.3 is 5.69 Å². The van der Waals surface area contributed by atoms with E-state index in [2.05, 4.69) is 5.32 Å². The van der Waals surface area contributed by atoms with Crippen molar-refractivity contribution in [3.63, 3.8) is 0 Å². The topological polar surface area (TPSA) is 92.7 Å². The van der Waals surface area contributed by atoms with Crippen molar-refractivity contribution in [2.45, 2.75) is 13.1 Å². The Morgan fingerprint density at radius 2 is 1.83 bits per heavy atom. The van der Waals surface area contributed by atoms with Crippen molar-refractivity contribution < 1.29 is 9.21 Å². The van der Waals surface area contributed by atoms with E-state index in [-0.39, 0.29) is 19.1 Å². The molecule has 9 nitrogen and oxygen atoms in total. The molecule has 30 heavy (non-hydrogen) atoms. The van der Waals surface area contributed by atoms with Gasteiger partial charge in [0.1, 0.15) is 17.3 Å². The quantitative estimate of drug-likeness (QED) is 0.655. The summed E-state index contributed by atoms with van der Waals surface area (Å²) in [6.07, 6.45) is 1.57. The van der Waals surface area contributed by atoms with Crippen LogP contribution < -0.4 is 21.5 Å². The first kappa shape index (κ1) is 19.6. The Hall–Kier alpha value is -3.75. The summed E-state index contributed by atoms with van der Waals surface area (Å²) in [5.74, 6) is 0.954. The molecule has 0 aliphatic carbocycles. The van der Waals surface area contributed by atoms with Gasteiger partial charge in [-0.25, -0.2) is 4.79 Å². The summed E-state index contributed by atoms with van der Waals surface area (Å²) >= 11 is 0. The highest BCUT2D eigenvalue weighted by Gasteiger charge is 2.29. The zero-order valence-electron chi connectivity index (χ0n) is 16.9. The van der Waals surface area contributed by atoms with E-state index in [1.165, 1.54) is 11.6 Å². The first-order chi connectivity index (χ1) is 14.5. The lowest BCUT2D eigenvalue weighted by Gasteiger charge is -2.25. The van der Waals surface area contributed by atoms with Gasteiger partial charge in [-0.2, -0.15) is 0 Å². The van der Waals surface area contributed by atoms with Gasteiger partial charge in [-0.3, -0.25) is 18.7 Å². The van der Waals surface area contributed by atoms with Crippen LogP contribution >= 0.6 is 0 Å². The molecule has 9 heteroatoms. The third-order valence-electron chi connectivity index (χ3n) is 5.22. The lowest BCUT2D eigenvalue weighted by Crippen LogP contribution is -2.43. The SMILES string of the molecule is Cn1c2c(c(=O)n(C)c1=O)N(CC(=O)N(Cc1ccccc1)Cc1ccco1)CN2. The van der Waals surface area contributed by atoms with Gasteiger partial charge in [0.25, 0.3) is 5.56 Å². The number of anilines is 2. The Labute approximate surface area is 172 Å². The number of carbonyl (C=O) groups excluding carboxylic acids is 1. The summed E-state index contributed by atoms with van der Waals surface area (Å²) < 4.78 is 7.86.